The van der Waals surface area contributed by atoms with E-state index in [4.69, 9.17) is 14.2 Å². The molecule has 150 valence electrons. The minimum Gasteiger partial charge on any atom is -0.486 e. The van der Waals surface area contributed by atoms with E-state index in [9.17, 15) is 9.59 Å². The number of carbonyl (C=O) groups excluding carboxylic acids is 2. The first-order valence-corrected chi connectivity index (χ1v) is 9.86. The summed E-state index contributed by atoms with van der Waals surface area (Å²) in [5.74, 6) is 0.155. The number of aromatic nitrogens is 1. The molecule has 1 aliphatic heterocycles. The van der Waals surface area contributed by atoms with Crippen LogP contribution in [0.2, 0.25) is 0 Å². The van der Waals surface area contributed by atoms with Crippen molar-refractivity contribution in [2.75, 3.05) is 25.1 Å². The lowest BCUT2D eigenvalue weighted by atomic mass is 10.1. The molecule has 7 nitrogen and oxygen atoms in total. The average Bonchev–Trinajstić information content (AvgIpc) is 3.00. The van der Waals surface area contributed by atoms with E-state index in [1.165, 1.54) is 0 Å². The molecule has 1 amide bonds. The minimum atomic E-state index is -0.554. The second kappa shape index (κ2) is 7.79. The van der Waals surface area contributed by atoms with Crippen LogP contribution in [-0.4, -0.2) is 36.7 Å². The van der Waals surface area contributed by atoms with Crippen molar-refractivity contribution in [2.24, 2.45) is 0 Å². The van der Waals surface area contributed by atoms with Crippen LogP contribution in [0.3, 0.4) is 0 Å². The maximum atomic E-state index is 12.4. The molecule has 1 aliphatic rings. The molecule has 0 saturated carbocycles. The third kappa shape index (κ3) is 3.93. The van der Waals surface area contributed by atoms with Crippen LogP contribution in [0.4, 0.5) is 5.69 Å². The average molecular weight is 459 g/mol. The van der Waals surface area contributed by atoms with Crippen LogP contribution < -0.4 is 14.8 Å². The van der Waals surface area contributed by atoms with E-state index in [-0.39, 0.29) is 0 Å². The lowest BCUT2D eigenvalue weighted by Gasteiger charge is -2.20. The zero-order chi connectivity index (χ0) is 20.5. The highest BCUT2D eigenvalue weighted by Crippen LogP contribution is 2.38. The number of amides is 1. The summed E-state index contributed by atoms with van der Waals surface area (Å²) in [4.78, 5) is 27.9. The zero-order valence-electron chi connectivity index (χ0n) is 15.9. The molecule has 2 N–H and O–H groups in total. The summed E-state index contributed by atoms with van der Waals surface area (Å²) in [5, 5.41) is 3.67. The Hall–Kier alpha value is -3.00. The molecule has 0 bridgehead atoms. The second-order valence-electron chi connectivity index (χ2n) is 6.74. The predicted molar refractivity (Wildman–Crippen MR) is 112 cm³/mol. The number of fused-ring (bicyclic) bond motifs is 2. The van der Waals surface area contributed by atoms with Gasteiger partial charge in [-0.3, -0.25) is 4.79 Å². The molecular formula is C21H19BrN2O5. The highest BCUT2D eigenvalue weighted by molar-refractivity contribution is 9.10. The standard InChI is InChI=1S/C21H19BrN2O5/c1-11-12(2)23-16-4-3-13(7-14(11)16)21(26)29-10-20(25)24-17-9-19-18(8-15(17)22)27-5-6-28-19/h3-4,7-9,23H,5-6,10H2,1-2H3,(H,24,25). The summed E-state index contributed by atoms with van der Waals surface area (Å²) in [5.41, 5.74) is 3.99. The fraction of sp³-hybridized carbons (Fsp3) is 0.238. The number of rotatable bonds is 4. The summed E-state index contributed by atoms with van der Waals surface area (Å²) < 4.78 is 16.8. The minimum absolute atomic E-state index is 0.396. The van der Waals surface area contributed by atoms with Crippen molar-refractivity contribution in [3.63, 3.8) is 0 Å². The fourth-order valence-corrected chi connectivity index (χ4v) is 3.57. The third-order valence-electron chi connectivity index (χ3n) is 4.78. The number of hydrogen-bond acceptors (Lipinski definition) is 5. The van der Waals surface area contributed by atoms with Gasteiger partial charge in [0.1, 0.15) is 13.2 Å². The first kappa shape index (κ1) is 19.3. The maximum Gasteiger partial charge on any atom is 0.338 e. The fourth-order valence-electron chi connectivity index (χ4n) is 3.15. The molecule has 0 fully saturated rings. The van der Waals surface area contributed by atoms with Crippen molar-refractivity contribution in [1.82, 2.24) is 4.98 Å². The van der Waals surface area contributed by atoms with Crippen molar-refractivity contribution in [3.8, 4) is 11.5 Å². The smallest absolute Gasteiger partial charge is 0.338 e. The molecule has 0 saturated heterocycles. The molecule has 8 heteroatoms. The van der Waals surface area contributed by atoms with Crippen LogP contribution in [0.5, 0.6) is 11.5 Å². The monoisotopic (exact) mass is 458 g/mol. The number of aromatic amines is 1. The van der Waals surface area contributed by atoms with Gasteiger partial charge in [-0.05, 0) is 53.5 Å². The first-order chi connectivity index (χ1) is 13.9. The van der Waals surface area contributed by atoms with Gasteiger partial charge in [-0.1, -0.05) is 0 Å². The van der Waals surface area contributed by atoms with Gasteiger partial charge in [-0.15, -0.1) is 0 Å². The lowest BCUT2D eigenvalue weighted by molar-refractivity contribution is -0.119. The highest BCUT2D eigenvalue weighted by atomic mass is 79.9. The molecule has 2 heterocycles. The summed E-state index contributed by atoms with van der Waals surface area (Å²) in [6.07, 6.45) is 0. The summed E-state index contributed by atoms with van der Waals surface area (Å²) in [6.45, 7) is 4.50. The molecule has 29 heavy (non-hydrogen) atoms. The SMILES string of the molecule is Cc1[nH]c2ccc(C(=O)OCC(=O)Nc3cc4c(cc3Br)OCCO4)cc2c1C. The Morgan fingerprint density at radius 1 is 1.14 bits per heavy atom. The van der Waals surface area contributed by atoms with E-state index in [2.05, 4.69) is 26.2 Å². The topological polar surface area (TPSA) is 89.7 Å². The predicted octanol–water partition coefficient (Wildman–Crippen LogP) is 4.11. The summed E-state index contributed by atoms with van der Waals surface area (Å²) in [7, 11) is 0. The third-order valence-corrected chi connectivity index (χ3v) is 5.44. The van der Waals surface area contributed by atoms with Gasteiger partial charge < -0.3 is 24.5 Å². The van der Waals surface area contributed by atoms with Gasteiger partial charge in [-0.2, -0.15) is 0 Å². The van der Waals surface area contributed by atoms with E-state index in [1.54, 1.807) is 24.3 Å². The second-order valence-corrected chi connectivity index (χ2v) is 7.59. The van der Waals surface area contributed by atoms with Crippen LogP contribution >= 0.6 is 15.9 Å². The van der Waals surface area contributed by atoms with Crippen LogP contribution in [0.25, 0.3) is 10.9 Å². The highest BCUT2D eigenvalue weighted by Gasteiger charge is 2.17. The van der Waals surface area contributed by atoms with Gasteiger partial charge in [0.15, 0.2) is 18.1 Å². The lowest BCUT2D eigenvalue weighted by Crippen LogP contribution is -2.21. The number of H-pyrrole nitrogens is 1. The molecule has 2 aromatic carbocycles. The molecule has 0 atom stereocenters. The van der Waals surface area contributed by atoms with Gasteiger partial charge in [0.2, 0.25) is 0 Å². The van der Waals surface area contributed by atoms with Crippen LogP contribution in [-0.2, 0) is 9.53 Å². The molecule has 3 aromatic rings. The van der Waals surface area contributed by atoms with Gasteiger partial charge in [0, 0.05) is 33.2 Å². The zero-order valence-corrected chi connectivity index (χ0v) is 17.5. The Morgan fingerprint density at radius 2 is 1.86 bits per heavy atom. The number of esters is 1. The Kier molecular flexibility index (Phi) is 5.19. The number of benzene rings is 2. The Labute approximate surface area is 175 Å². The van der Waals surface area contributed by atoms with Crippen molar-refractivity contribution in [1.29, 1.82) is 0 Å². The summed E-state index contributed by atoms with van der Waals surface area (Å²) in [6, 6.07) is 8.68. The molecule has 1 aromatic heterocycles. The number of ether oxygens (including phenoxy) is 3. The normalized spacial score (nSPS) is 12.7. The maximum absolute atomic E-state index is 12.4. The van der Waals surface area contributed by atoms with Crippen LogP contribution in [0.1, 0.15) is 21.6 Å². The van der Waals surface area contributed by atoms with Gasteiger partial charge in [-0.25, -0.2) is 4.79 Å². The van der Waals surface area contributed by atoms with Crippen molar-refractivity contribution < 1.29 is 23.8 Å². The Balaban J connectivity index is 1.41. The van der Waals surface area contributed by atoms with E-state index in [0.717, 1.165) is 22.2 Å². The Bertz CT molecular complexity index is 1120. The van der Waals surface area contributed by atoms with E-state index in [1.807, 2.05) is 19.9 Å². The van der Waals surface area contributed by atoms with Crippen molar-refractivity contribution in [3.05, 3.63) is 51.6 Å². The number of halogens is 1. The number of hydrogen-bond donors (Lipinski definition) is 2. The number of nitrogens with one attached hydrogen (secondary N) is 2. The van der Waals surface area contributed by atoms with Crippen molar-refractivity contribution >= 4 is 44.4 Å². The van der Waals surface area contributed by atoms with Crippen LogP contribution in [0.15, 0.2) is 34.8 Å². The Morgan fingerprint density at radius 3 is 2.62 bits per heavy atom. The molecule has 0 unspecified atom stereocenters. The van der Waals surface area contributed by atoms with E-state index >= 15 is 0 Å². The molecule has 0 radical (unpaired) electrons. The number of aryl methyl sites for hydroxylation is 2. The molecule has 0 aliphatic carbocycles. The quantitative estimate of drug-likeness (QED) is 0.574. The van der Waals surface area contributed by atoms with E-state index < -0.39 is 18.5 Å². The van der Waals surface area contributed by atoms with E-state index in [0.29, 0.717) is 40.4 Å². The van der Waals surface area contributed by atoms with Crippen LogP contribution in [0, 0.1) is 13.8 Å². The van der Waals surface area contributed by atoms with Crippen molar-refractivity contribution in [2.45, 2.75) is 13.8 Å². The largest absolute Gasteiger partial charge is 0.486 e. The van der Waals surface area contributed by atoms with Gasteiger partial charge >= 0.3 is 5.97 Å². The van der Waals surface area contributed by atoms with Gasteiger partial charge in [0.05, 0.1) is 11.3 Å². The molecule has 0 spiro atoms. The number of carbonyl (C=O) groups is 2. The summed E-state index contributed by atoms with van der Waals surface area (Å²) >= 11 is 3.39. The molecular weight excluding hydrogens is 440 g/mol. The first-order valence-electron chi connectivity index (χ1n) is 9.07. The molecule has 4 rings (SSSR count). The number of anilines is 1. The van der Waals surface area contributed by atoms with Gasteiger partial charge in [0.25, 0.3) is 5.91 Å².